The maximum absolute atomic E-state index is 11.7. The fourth-order valence-electron chi connectivity index (χ4n) is 3.12. The lowest BCUT2D eigenvalue weighted by Crippen LogP contribution is -2.48. The van der Waals surface area contributed by atoms with E-state index in [2.05, 4.69) is 50.5 Å². The molecule has 0 amide bonds. The summed E-state index contributed by atoms with van der Waals surface area (Å²) in [5, 5.41) is 0. The Labute approximate surface area is 148 Å². The second kappa shape index (κ2) is 7.31. The van der Waals surface area contributed by atoms with Gasteiger partial charge in [0.05, 0.1) is 6.04 Å². The summed E-state index contributed by atoms with van der Waals surface area (Å²) < 4.78 is 0. The Morgan fingerprint density at radius 1 is 1.12 bits per heavy atom. The summed E-state index contributed by atoms with van der Waals surface area (Å²) in [7, 11) is 0. The average molecular weight is 342 g/mol. The van der Waals surface area contributed by atoms with Crippen LogP contribution in [0.1, 0.15) is 49.9 Å². The first kappa shape index (κ1) is 17.5. The van der Waals surface area contributed by atoms with Crippen LogP contribution < -0.4 is 10.5 Å². The van der Waals surface area contributed by atoms with E-state index in [1.54, 1.807) is 0 Å². The van der Waals surface area contributed by atoms with Crippen LogP contribution in [-0.2, 0) is 0 Å². The summed E-state index contributed by atoms with van der Waals surface area (Å²) in [6, 6.07) is 3.58. The Morgan fingerprint density at radius 2 is 1.84 bits per heavy atom. The quantitative estimate of drug-likeness (QED) is 0.914. The molecule has 0 radical (unpaired) electrons. The van der Waals surface area contributed by atoms with Crippen LogP contribution in [0, 0.1) is 6.92 Å². The lowest BCUT2D eigenvalue weighted by atomic mass is 10.1. The predicted octanol–water partition coefficient (Wildman–Crippen LogP) is 1.87. The van der Waals surface area contributed by atoms with Crippen LogP contribution in [0.4, 0.5) is 5.95 Å². The fraction of sp³-hybridized carbons (Fsp3) is 0.556. The van der Waals surface area contributed by atoms with E-state index in [4.69, 9.17) is 0 Å². The van der Waals surface area contributed by atoms with Crippen LogP contribution in [0.5, 0.6) is 0 Å². The van der Waals surface area contributed by atoms with Gasteiger partial charge in [-0.25, -0.2) is 15.0 Å². The van der Waals surface area contributed by atoms with Crippen molar-refractivity contribution < 1.29 is 0 Å². The second-order valence-corrected chi connectivity index (χ2v) is 6.91. The SMILES string of the molecule is Cc1cc(=O)[nH]c(C(C)N2CCN(c3nccc(C(C)C)n3)CC2)n1. The summed E-state index contributed by atoms with van der Waals surface area (Å²) in [5.41, 5.74) is 1.73. The monoisotopic (exact) mass is 342 g/mol. The first-order chi connectivity index (χ1) is 11.9. The zero-order chi connectivity index (χ0) is 18.0. The number of hydrogen-bond acceptors (Lipinski definition) is 6. The van der Waals surface area contributed by atoms with Crippen molar-refractivity contribution in [2.45, 2.75) is 39.7 Å². The Bertz CT molecular complexity index is 779. The molecule has 1 aliphatic rings. The molecule has 0 bridgehead atoms. The van der Waals surface area contributed by atoms with Crippen molar-refractivity contribution in [3.8, 4) is 0 Å². The normalized spacial score (nSPS) is 17.1. The third-order valence-corrected chi connectivity index (χ3v) is 4.68. The smallest absolute Gasteiger partial charge is 0.251 e. The molecular formula is C18H26N6O. The lowest BCUT2D eigenvalue weighted by Gasteiger charge is -2.37. The van der Waals surface area contributed by atoms with E-state index in [1.165, 1.54) is 6.07 Å². The van der Waals surface area contributed by atoms with E-state index in [0.29, 0.717) is 5.92 Å². The molecule has 25 heavy (non-hydrogen) atoms. The molecule has 0 aromatic carbocycles. The van der Waals surface area contributed by atoms with Gasteiger partial charge < -0.3 is 9.88 Å². The molecule has 2 aromatic rings. The Balaban J connectivity index is 1.67. The van der Waals surface area contributed by atoms with Crippen molar-refractivity contribution in [3.05, 3.63) is 45.9 Å². The van der Waals surface area contributed by atoms with E-state index in [0.717, 1.165) is 49.3 Å². The van der Waals surface area contributed by atoms with Gasteiger partial charge in [-0.2, -0.15) is 0 Å². The summed E-state index contributed by atoms with van der Waals surface area (Å²) in [6.07, 6.45) is 1.84. The number of anilines is 1. The lowest BCUT2D eigenvalue weighted by molar-refractivity contribution is 0.190. The first-order valence-corrected chi connectivity index (χ1v) is 8.84. The number of aromatic nitrogens is 4. The van der Waals surface area contributed by atoms with Gasteiger partial charge in [-0.15, -0.1) is 0 Å². The van der Waals surface area contributed by atoms with Crippen molar-refractivity contribution in [1.29, 1.82) is 0 Å². The van der Waals surface area contributed by atoms with Crippen molar-refractivity contribution in [1.82, 2.24) is 24.8 Å². The number of H-pyrrole nitrogens is 1. The molecule has 134 valence electrons. The van der Waals surface area contributed by atoms with Gasteiger partial charge in [0.1, 0.15) is 5.82 Å². The largest absolute Gasteiger partial charge is 0.338 e. The minimum atomic E-state index is -0.0908. The molecule has 0 saturated carbocycles. The van der Waals surface area contributed by atoms with Gasteiger partial charge in [-0.05, 0) is 25.8 Å². The number of nitrogens with one attached hydrogen (secondary N) is 1. The highest BCUT2D eigenvalue weighted by atomic mass is 16.1. The summed E-state index contributed by atoms with van der Waals surface area (Å²) in [4.78, 5) is 32.7. The molecule has 7 nitrogen and oxygen atoms in total. The highest BCUT2D eigenvalue weighted by Gasteiger charge is 2.25. The molecule has 1 atom stereocenters. The third kappa shape index (κ3) is 4.04. The highest BCUT2D eigenvalue weighted by molar-refractivity contribution is 5.31. The van der Waals surface area contributed by atoms with Crippen LogP contribution in [0.3, 0.4) is 0 Å². The van der Waals surface area contributed by atoms with E-state index in [-0.39, 0.29) is 11.6 Å². The molecule has 1 N–H and O–H groups in total. The van der Waals surface area contributed by atoms with Crippen LogP contribution in [0.2, 0.25) is 0 Å². The summed E-state index contributed by atoms with van der Waals surface area (Å²) in [5.74, 6) is 1.93. The zero-order valence-electron chi connectivity index (χ0n) is 15.4. The van der Waals surface area contributed by atoms with Crippen LogP contribution in [-0.4, -0.2) is 51.0 Å². The molecule has 1 unspecified atom stereocenters. The molecule has 1 saturated heterocycles. The van der Waals surface area contributed by atoms with Gasteiger partial charge in [0.15, 0.2) is 0 Å². The summed E-state index contributed by atoms with van der Waals surface area (Å²) >= 11 is 0. The number of piperazine rings is 1. The maximum atomic E-state index is 11.7. The Morgan fingerprint density at radius 3 is 2.48 bits per heavy atom. The van der Waals surface area contributed by atoms with Gasteiger partial charge >= 0.3 is 0 Å². The highest BCUT2D eigenvalue weighted by Crippen LogP contribution is 2.20. The molecule has 2 aromatic heterocycles. The minimum absolute atomic E-state index is 0.0812. The molecule has 1 aliphatic heterocycles. The second-order valence-electron chi connectivity index (χ2n) is 6.91. The fourth-order valence-corrected chi connectivity index (χ4v) is 3.12. The first-order valence-electron chi connectivity index (χ1n) is 8.84. The van der Waals surface area contributed by atoms with Gasteiger partial charge in [-0.1, -0.05) is 13.8 Å². The van der Waals surface area contributed by atoms with E-state index in [1.807, 2.05) is 19.2 Å². The average Bonchev–Trinajstić information content (AvgIpc) is 2.60. The number of nitrogens with zero attached hydrogens (tertiary/aromatic N) is 5. The maximum Gasteiger partial charge on any atom is 0.251 e. The number of rotatable bonds is 4. The number of aromatic amines is 1. The Hall–Kier alpha value is -2.28. The third-order valence-electron chi connectivity index (χ3n) is 4.68. The van der Waals surface area contributed by atoms with E-state index in [9.17, 15) is 4.79 Å². The Kier molecular flexibility index (Phi) is 5.13. The van der Waals surface area contributed by atoms with Crippen LogP contribution in [0.15, 0.2) is 23.1 Å². The van der Waals surface area contributed by atoms with Crippen molar-refractivity contribution in [2.24, 2.45) is 0 Å². The molecule has 0 aliphatic carbocycles. The topological polar surface area (TPSA) is 78.0 Å². The molecule has 3 rings (SSSR count). The standard InChI is InChI=1S/C18H26N6O/c1-12(2)15-5-6-19-18(21-15)24-9-7-23(8-10-24)14(4)17-20-13(3)11-16(25)22-17/h5-6,11-12,14H,7-10H2,1-4H3,(H,20,22,25). The molecule has 3 heterocycles. The van der Waals surface area contributed by atoms with Gasteiger partial charge in [0.25, 0.3) is 5.56 Å². The zero-order valence-corrected chi connectivity index (χ0v) is 15.4. The number of aryl methyl sites for hydroxylation is 1. The van der Waals surface area contributed by atoms with Crippen molar-refractivity contribution in [3.63, 3.8) is 0 Å². The van der Waals surface area contributed by atoms with Gasteiger partial charge in [0.2, 0.25) is 5.95 Å². The minimum Gasteiger partial charge on any atom is -0.338 e. The molecule has 1 fully saturated rings. The van der Waals surface area contributed by atoms with Crippen molar-refractivity contribution >= 4 is 5.95 Å². The predicted molar refractivity (Wildman–Crippen MR) is 97.9 cm³/mol. The van der Waals surface area contributed by atoms with E-state index < -0.39 is 0 Å². The summed E-state index contributed by atoms with van der Waals surface area (Å²) in [6.45, 7) is 11.7. The van der Waals surface area contributed by atoms with E-state index >= 15 is 0 Å². The van der Waals surface area contributed by atoms with Crippen LogP contribution in [0.25, 0.3) is 0 Å². The molecule has 0 spiro atoms. The molecular weight excluding hydrogens is 316 g/mol. The van der Waals surface area contributed by atoms with Gasteiger partial charge in [0, 0.05) is 49.8 Å². The van der Waals surface area contributed by atoms with Crippen molar-refractivity contribution in [2.75, 3.05) is 31.1 Å². The van der Waals surface area contributed by atoms with Crippen LogP contribution >= 0.6 is 0 Å². The number of hydrogen-bond donors (Lipinski definition) is 1. The van der Waals surface area contributed by atoms with Gasteiger partial charge in [-0.3, -0.25) is 9.69 Å². The molecule has 7 heteroatoms.